The largest absolute Gasteiger partial charge is 0.494 e. The number of benzene rings is 1. The molecule has 0 fully saturated rings. The number of rotatable bonds is 9. The number of aromatic nitrogens is 5. The number of aryl methyl sites for hydroxylation is 3. The number of nitrogens with zero attached hydrogens (tertiary/aromatic N) is 5. The summed E-state index contributed by atoms with van der Waals surface area (Å²) in [5.74, 6) is 0.929. The van der Waals surface area contributed by atoms with E-state index in [1.165, 1.54) is 32.5 Å². The zero-order valence-corrected chi connectivity index (χ0v) is 23.1. The summed E-state index contributed by atoms with van der Waals surface area (Å²) in [5.41, 5.74) is 2.77. The number of sulfone groups is 1. The molecular weight excluding hydrogens is 514 g/mol. The van der Waals surface area contributed by atoms with Crippen LogP contribution in [-0.2, 0) is 15.6 Å². The van der Waals surface area contributed by atoms with Crippen LogP contribution in [0.15, 0.2) is 36.7 Å². The summed E-state index contributed by atoms with van der Waals surface area (Å²) in [4.78, 5) is 9.53. The third-order valence-corrected chi connectivity index (χ3v) is 9.32. The van der Waals surface area contributed by atoms with E-state index in [0.717, 1.165) is 16.1 Å². The zero-order chi connectivity index (χ0) is 26.9. The molecule has 37 heavy (non-hydrogen) atoms. The monoisotopic (exact) mass is 543 g/mol. The number of hydrogen-bond acceptors (Lipinski definition) is 10. The van der Waals surface area contributed by atoms with Crippen LogP contribution in [0, 0.1) is 20.8 Å². The quantitative estimate of drug-likeness (QED) is 0.335. The summed E-state index contributed by atoms with van der Waals surface area (Å²) in [5, 5.41) is 18.7. The van der Waals surface area contributed by atoms with Gasteiger partial charge < -0.3 is 14.6 Å². The lowest BCUT2D eigenvalue weighted by Gasteiger charge is -2.20. The highest BCUT2D eigenvalue weighted by atomic mass is 32.2. The first-order valence-electron chi connectivity index (χ1n) is 11.5. The molecule has 0 bridgehead atoms. The molecule has 0 aliphatic rings. The van der Waals surface area contributed by atoms with Gasteiger partial charge in [0, 0.05) is 22.8 Å². The Kier molecular flexibility index (Phi) is 7.62. The normalized spacial score (nSPS) is 13.4. The number of ether oxygens (including phenoxy) is 2. The van der Waals surface area contributed by atoms with Crippen LogP contribution >= 0.6 is 11.3 Å². The van der Waals surface area contributed by atoms with Gasteiger partial charge >= 0.3 is 0 Å². The van der Waals surface area contributed by atoms with E-state index in [1.54, 1.807) is 35.2 Å². The Morgan fingerprint density at radius 2 is 1.76 bits per heavy atom. The molecular formula is C25H29N5O5S2. The van der Waals surface area contributed by atoms with Gasteiger partial charge in [-0.15, -0.1) is 21.5 Å². The summed E-state index contributed by atoms with van der Waals surface area (Å²) in [7, 11) is -0.880. The highest BCUT2D eigenvalue weighted by Crippen LogP contribution is 2.37. The first-order valence-corrected chi connectivity index (χ1v) is 14.0. The van der Waals surface area contributed by atoms with Gasteiger partial charge in [-0.05, 0) is 51.5 Å². The van der Waals surface area contributed by atoms with Crippen molar-refractivity contribution in [1.82, 2.24) is 24.7 Å². The molecule has 0 radical (unpaired) electrons. The van der Waals surface area contributed by atoms with E-state index in [2.05, 4.69) is 20.2 Å². The Labute approximate surface area is 219 Å². The van der Waals surface area contributed by atoms with Crippen molar-refractivity contribution < 1.29 is 23.0 Å². The minimum Gasteiger partial charge on any atom is -0.494 e. The summed E-state index contributed by atoms with van der Waals surface area (Å²) >= 11 is 1.29. The van der Waals surface area contributed by atoms with E-state index >= 15 is 0 Å². The predicted molar refractivity (Wildman–Crippen MR) is 141 cm³/mol. The average Bonchev–Trinajstić information content (AvgIpc) is 3.44. The molecule has 196 valence electrons. The van der Waals surface area contributed by atoms with Crippen LogP contribution < -0.4 is 9.47 Å². The smallest absolute Gasteiger partial charge is 0.170 e. The molecule has 4 rings (SSSR count). The number of thiazole rings is 1. The maximum absolute atomic E-state index is 13.6. The second kappa shape index (κ2) is 10.6. The summed E-state index contributed by atoms with van der Waals surface area (Å²) in [6, 6.07) is 7.14. The standard InChI is InChI=1S/C25H29N5O5S2/c1-14-10-18(12-26-11-14)24-29-28-21(30(24)22-19(34-5)8-7-9-20(22)35-6)13-37(32,33)17(4)23(31)25-27-15(2)16(3)36-25/h7-12,17,23,31H,13H2,1-6H3/t17-,23-/m0/s1. The van der Waals surface area contributed by atoms with Crippen molar-refractivity contribution >= 4 is 21.2 Å². The molecule has 0 aliphatic carbocycles. The van der Waals surface area contributed by atoms with Crippen LogP contribution in [0.2, 0.25) is 0 Å². The number of methoxy groups -OCH3 is 2. The van der Waals surface area contributed by atoms with Crippen LogP contribution in [0.5, 0.6) is 11.5 Å². The fourth-order valence-electron chi connectivity index (χ4n) is 3.89. The fourth-order valence-corrected chi connectivity index (χ4v) is 6.33. The molecule has 0 spiro atoms. The van der Waals surface area contributed by atoms with Crippen molar-refractivity contribution in [1.29, 1.82) is 0 Å². The highest BCUT2D eigenvalue weighted by Gasteiger charge is 2.34. The Morgan fingerprint density at radius 3 is 2.32 bits per heavy atom. The Hall–Kier alpha value is -3.35. The Balaban J connectivity index is 1.84. The lowest BCUT2D eigenvalue weighted by molar-refractivity contribution is 0.175. The average molecular weight is 544 g/mol. The van der Waals surface area contributed by atoms with Gasteiger partial charge in [0.2, 0.25) is 0 Å². The van der Waals surface area contributed by atoms with Gasteiger partial charge in [-0.3, -0.25) is 9.55 Å². The molecule has 3 heterocycles. The Bertz CT molecular complexity index is 1490. The van der Waals surface area contributed by atoms with E-state index in [4.69, 9.17) is 9.47 Å². The summed E-state index contributed by atoms with van der Waals surface area (Å²) in [6.07, 6.45) is 2.07. The Morgan fingerprint density at radius 1 is 1.08 bits per heavy atom. The van der Waals surface area contributed by atoms with Crippen molar-refractivity contribution in [3.8, 4) is 28.6 Å². The molecule has 1 N–H and O–H groups in total. The molecule has 1 aromatic carbocycles. The lowest BCUT2D eigenvalue weighted by atomic mass is 10.2. The first kappa shape index (κ1) is 26.7. The van der Waals surface area contributed by atoms with Crippen LogP contribution in [0.1, 0.15) is 40.0 Å². The van der Waals surface area contributed by atoms with E-state index in [1.807, 2.05) is 26.8 Å². The molecule has 2 atom stereocenters. The number of aliphatic hydroxyl groups excluding tert-OH is 1. The summed E-state index contributed by atoms with van der Waals surface area (Å²) < 4.78 is 39.9. The maximum Gasteiger partial charge on any atom is 0.170 e. The number of aliphatic hydroxyl groups is 1. The van der Waals surface area contributed by atoms with E-state index < -0.39 is 26.9 Å². The van der Waals surface area contributed by atoms with E-state index in [9.17, 15) is 13.5 Å². The molecule has 0 aliphatic heterocycles. The molecule has 0 saturated carbocycles. The molecule has 0 unspecified atom stereocenters. The van der Waals surface area contributed by atoms with Gasteiger partial charge in [0.1, 0.15) is 34.1 Å². The van der Waals surface area contributed by atoms with Crippen LogP contribution in [0.3, 0.4) is 0 Å². The van der Waals surface area contributed by atoms with Crippen LogP contribution in [0.25, 0.3) is 17.1 Å². The number of para-hydroxylation sites is 1. The highest BCUT2D eigenvalue weighted by molar-refractivity contribution is 7.91. The predicted octanol–water partition coefficient (Wildman–Crippen LogP) is 3.77. The minimum absolute atomic E-state index is 0.143. The van der Waals surface area contributed by atoms with E-state index in [-0.39, 0.29) is 5.82 Å². The topological polar surface area (TPSA) is 129 Å². The summed E-state index contributed by atoms with van der Waals surface area (Å²) in [6.45, 7) is 7.08. The zero-order valence-electron chi connectivity index (χ0n) is 21.5. The van der Waals surface area contributed by atoms with Crippen molar-refractivity contribution in [3.63, 3.8) is 0 Å². The van der Waals surface area contributed by atoms with Crippen LogP contribution in [-0.4, -0.2) is 57.7 Å². The molecule has 4 aromatic rings. The third-order valence-electron chi connectivity index (χ3n) is 6.13. The van der Waals surface area contributed by atoms with Gasteiger partial charge in [-0.2, -0.15) is 0 Å². The molecule has 0 amide bonds. The molecule has 10 nitrogen and oxygen atoms in total. The number of hydrogen-bond donors (Lipinski definition) is 1. The van der Waals surface area contributed by atoms with Crippen molar-refractivity contribution in [2.24, 2.45) is 0 Å². The third kappa shape index (κ3) is 5.22. The van der Waals surface area contributed by atoms with Crippen molar-refractivity contribution in [3.05, 3.63) is 63.6 Å². The van der Waals surface area contributed by atoms with Gasteiger partial charge in [-0.25, -0.2) is 13.4 Å². The lowest BCUT2D eigenvalue weighted by Crippen LogP contribution is -2.28. The first-order chi connectivity index (χ1) is 17.6. The maximum atomic E-state index is 13.6. The van der Waals surface area contributed by atoms with Crippen molar-refractivity contribution in [2.75, 3.05) is 14.2 Å². The SMILES string of the molecule is COc1cccc(OC)c1-n1c(CS(=O)(=O)[C@@H](C)[C@H](O)c2nc(C)c(C)s2)nnc1-c1cncc(C)c1. The second-order valence-corrected chi connectivity index (χ2v) is 12.3. The molecule has 12 heteroatoms. The fraction of sp³-hybridized carbons (Fsp3) is 0.360. The van der Waals surface area contributed by atoms with Gasteiger partial charge in [0.15, 0.2) is 21.5 Å². The minimum atomic E-state index is -3.91. The van der Waals surface area contributed by atoms with Crippen molar-refractivity contribution in [2.45, 2.75) is 44.8 Å². The van der Waals surface area contributed by atoms with E-state index in [0.29, 0.717) is 33.6 Å². The van der Waals surface area contributed by atoms with Crippen LogP contribution in [0.4, 0.5) is 0 Å². The number of pyridine rings is 1. The molecule has 3 aromatic heterocycles. The van der Waals surface area contributed by atoms with Gasteiger partial charge in [0.05, 0.1) is 25.2 Å². The van der Waals surface area contributed by atoms with Gasteiger partial charge in [0.25, 0.3) is 0 Å². The molecule has 0 saturated heterocycles. The van der Waals surface area contributed by atoms with Gasteiger partial charge in [-0.1, -0.05) is 6.07 Å². The second-order valence-electron chi connectivity index (χ2n) is 8.69.